The highest BCUT2D eigenvalue weighted by Gasteiger charge is 2.33. The molecule has 0 spiro atoms. The molecule has 1 aliphatic rings. The fraction of sp³-hybridized carbons (Fsp3) is 0.462. The molecule has 0 aromatic heterocycles. The lowest BCUT2D eigenvalue weighted by atomic mass is 9.96. The molecule has 1 amide bonds. The molecule has 1 fully saturated rings. The molecule has 0 bridgehead atoms. The largest absolute Gasteiger partial charge is 0.401 e. The molecule has 1 aromatic rings. The normalized spacial score (nSPS) is 17.2. The van der Waals surface area contributed by atoms with Crippen molar-refractivity contribution in [1.29, 1.82) is 0 Å². The van der Waals surface area contributed by atoms with Crippen molar-refractivity contribution in [2.24, 2.45) is 5.73 Å². The number of rotatable bonds is 5. The maximum absolute atomic E-state index is 12.3. The minimum Gasteiger partial charge on any atom is -0.368 e. The summed E-state index contributed by atoms with van der Waals surface area (Å²) in [5, 5.41) is 2.20. The number of halogens is 3. The van der Waals surface area contributed by atoms with E-state index in [4.69, 9.17) is 5.73 Å². The standard InChI is InChI=1S/C13H15F3N2O/c14-13(15,16)7-18-11(12(17)19)10-4-2-1-3-9(10)8-5-6-8/h1-4,8,11,18H,5-7H2,(H2,17,19). The Morgan fingerprint density at radius 3 is 2.53 bits per heavy atom. The van der Waals surface area contributed by atoms with Crippen LogP contribution in [0.3, 0.4) is 0 Å². The van der Waals surface area contributed by atoms with Crippen molar-refractivity contribution in [1.82, 2.24) is 5.32 Å². The Bertz CT molecular complexity index is 469. The van der Waals surface area contributed by atoms with E-state index in [1.54, 1.807) is 12.1 Å². The van der Waals surface area contributed by atoms with Gasteiger partial charge in [-0.15, -0.1) is 0 Å². The average molecular weight is 272 g/mol. The van der Waals surface area contributed by atoms with Gasteiger partial charge in [0, 0.05) is 0 Å². The van der Waals surface area contributed by atoms with Gasteiger partial charge >= 0.3 is 6.18 Å². The number of primary amides is 1. The van der Waals surface area contributed by atoms with E-state index in [9.17, 15) is 18.0 Å². The fourth-order valence-electron chi connectivity index (χ4n) is 2.12. The van der Waals surface area contributed by atoms with Gasteiger partial charge in [0.1, 0.15) is 6.04 Å². The van der Waals surface area contributed by atoms with Gasteiger partial charge in [-0.1, -0.05) is 24.3 Å². The van der Waals surface area contributed by atoms with Crippen LogP contribution in [0.2, 0.25) is 0 Å². The Morgan fingerprint density at radius 2 is 2.00 bits per heavy atom. The molecule has 3 N–H and O–H groups in total. The third kappa shape index (κ3) is 3.70. The Kier molecular flexibility index (Phi) is 3.80. The van der Waals surface area contributed by atoms with Crippen LogP contribution in [0.5, 0.6) is 0 Å². The van der Waals surface area contributed by atoms with E-state index in [1.807, 2.05) is 12.1 Å². The van der Waals surface area contributed by atoms with Gasteiger partial charge in [0.25, 0.3) is 0 Å². The van der Waals surface area contributed by atoms with Gasteiger partial charge in [0.2, 0.25) is 5.91 Å². The maximum atomic E-state index is 12.3. The lowest BCUT2D eigenvalue weighted by molar-refractivity contribution is -0.130. The molecule has 1 aromatic carbocycles. The predicted octanol–water partition coefficient (Wildman–Crippen LogP) is 2.24. The number of alkyl halides is 3. The second-order valence-corrected chi connectivity index (χ2v) is 4.73. The number of nitrogens with one attached hydrogen (secondary N) is 1. The maximum Gasteiger partial charge on any atom is 0.401 e. The molecule has 1 unspecified atom stereocenters. The molecule has 0 heterocycles. The van der Waals surface area contributed by atoms with Crippen LogP contribution in [0.4, 0.5) is 13.2 Å². The number of hydrogen-bond acceptors (Lipinski definition) is 2. The van der Waals surface area contributed by atoms with Crippen LogP contribution < -0.4 is 11.1 Å². The topological polar surface area (TPSA) is 55.1 Å². The highest BCUT2D eigenvalue weighted by Crippen LogP contribution is 2.42. The Balaban J connectivity index is 2.21. The van der Waals surface area contributed by atoms with E-state index < -0.39 is 24.7 Å². The van der Waals surface area contributed by atoms with Crippen molar-refractivity contribution < 1.29 is 18.0 Å². The van der Waals surface area contributed by atoms with Crippen molar-refractivity contribution in [3.8, 4) is 0 Å². The molecule has 1 atom stereocenters. The van der Waals surface area contributed by atoms with E-state index >= 15 is 0 Å². The number of hydrogen-bond donors (Lipinski definition) is 2. The third-order valence-electron chi connectivity index (χ3n) is 3.12. The van der Waals surface area contributed by atoms with E-state index in [1.165, 1.54) is 0 Å². The second-order valence-electron chi connectivity index (χ2n) is 4.73. The first kappa shape index (κ1) is 13.9. The molecule has 1 saturated carbocycles. The summed E-state index contributed by atoms with van der Waals surface area (Å²) >= 11 is 0. The van der Waals surface area contributed by atoms with Crippen LogP contribution in [-0.2, 0) is 4.79 Å². The minimum atomic E-state index is -4.37. The van der Waals surface area contributed by atoms with E-state index in [-0.39, 0.29) is 0 Å². The molecule has 0 aliphatic heterocycles. The highest BCUT2D eigenvalue weighted by atomic mass is 19.4. The van der Waals surface area contributed by atoms with Crippen molar-refractivity contribution in [2.75, 3.05) is 6.54 Å². The first-order chi connectivity index (χ1) is 8.88. The summed E-state index contributed by atoms with van der Waals surface area (Å²) in [6.07, 6.45) is -2.37. The molecule has 6 heteroatoms. The van der Waals surface area contributed by atoms with Gasteiger partial charge in [0.05, 0.1) is 6.54 Å². The monoisotopic (exact) mass is 272 g/mol. The lowest BCUT2D eigenvalue weighted by Crippen LogP contribution is -2.39. The van der Waals surface area contributed by atoms with Crippen LogP contribution in [0.1, 0.15) is 35.9 Å². The van der Waals surface area contributed by atoms with Gasteiger partial charge in [-0.2, -0.15) is 13.2 Å². The molecule has 2 rings (SSSR count). The molecular weight excluding hydrogens is 257 g/mol. The Morgan fingerprint density at radius 1 is 1.37 bits per heavy atom. The molecule has 19 heavy (non-hydrogen) atoms. The highest BCUT2D eigenvalue weighted by molar-refractivity contribution is 5.82. The first-order valence-electron chi connectivity index (χ1n) is 6.07. The van der Waals surface area contributed by atoms with Crippen LogP contribution in [0.15, 0.2) is 24.3 Å². The summed E-state index contributed by atoms with van der Waals surface area (Å²) in [6.45, 7) is -1.24. The minimum absolute atomic E-state index is 0.339. The zero-order valence-corrected chi connectivity index (χ0v) is 10.2. The zero-order chi connectivity index (χ0) is 14.0. The molecule has 0 radical (unpaired) electrons. The lowest BCUT2D eigenvalue weighted by Gasteiger charge is -2.20. The summed E-state index contributed by atoms with van der Waals surface area (Å²) in [5.74, 6) is -0.455. The molecule has 1 aliphatic carbocycles. The van der Waals surface area contributed by atoms with Gasteiger partial charge in [-0.05, 0) is 29.9 Å². The van der Waals surface area contributed by atoms with Crippen molar-refractivity contribution in [3.05, 3.63) is 35.4 Å². The van der Waals surface area contributed by atoms with Crippen LogP contribution in [-0.4, -0.2) is 18.6 Å². The van der Waals surface area contributed by atoms with Gasteiger partial charge in [0.15, 0.2) is 0 Å². The summed E-state index contributed by atoms with van der Waals surface area (Å²) in [4.78, 5) is 11.4. The van der Waals surface area contributed by atoms with Crippen LogP contribution in [0.25, 0.3) is 0 Å². The average Bonchev–Trinajstić information content (AvgIpc) is 3.11. The Hall–Kier alpha value is -1.56. The summed E-state index contributed by atoms with van der Waals surface area (Å²) in [7, 11) is 0. The van der Waals surface area contributed by atoms with Crippen molar-refractivity contribution in [3.63, 3.8) is 0 Å². The van der Waals surface area contributed by atoms with E-state index in [0.29, 0.717) is 11.5 Å². The third-order valence-corrected chi connectivity index (χ3v) is 3.12. The molecule has 0 saturated heterocycles. The van der Waals surface area contributed by atoms with Crippen molar-refractivity contribution in [2.45, 2.75) is 31.0 Å². The second kappa shape index (κ2) is 5.21. The SMILES string of the molecule is NC(=O)C(NCC(F)(F)F)c1ccccc1C1CC1. The van der Waals surface area contributed by atoms with E-state index in [2.05, 4.69) is 5.32 Å². The smallest absolute Gasteiger partial charge is 0.368 e. The number of nitrogens with two attached hydrogens (primary N) is 1. The van der Waals surface area contributed by atoms with Crippen molar-refractivity contribution >= 4 is 5.91 Å². The number of carbonyl (C=O) groups is 1. The number of benzene rings is 1. The van der Waals surface area contributed by atoms with Gasteiger partial charge < -0.3 is 5.73 Å². The summed E-state index contributed by atoms with van der Waals surface area (Å²) < 4.78 is 36.8. The van der Waals surface area contributed by atoms with Gasteiger partial charge in [-0.25, -0.2) is 0 Å². The summed E-state index contributed by atoms with van der Waals surface area (Å²) in [6, 6.07) is 5.93. The molecule has 104 valence electrons. The zero-order valence-electron chi connectivity index (χ0n) is 10.2. The first-order valence-corrected chi connectivity index (χ1v) is 6.07. The van der Waals surface area contributed by atoms with Crippen LogP contribution >= 0.6 is 0 Å². The van der Waals surface area contributed by atoms with Crippen LogP contribution in [0, 0.1) is 0 Å². The summed E-state index contributed by atoms with van der Waals surface area (Å²) in [5.41, 5.74) is 6.69. The fourth-order valence-corrected chi connectivity index (χ4v) is 2.12. The molecule has 3 nitrogen and oxygen atoms in total. The van der Waals surface area contributed by atoms with Gasteiger partial charge in [-0.3, -0.25) is 10.1 Å². The van der Waals surface area contributed by atoms with E-state index in [0.717, 1.165) is 18.4 Å². The quantitative estimate of drug-likeness (QED) is 0.863. The number of amides is 1. The molecular formula is C13H15F3N2O. The predicted molar refractivity (Wildman–Crippen MR) is 64.4 cm³/mol. The number of carbonyl (C=O) groups excluding carboxylic acids is 1. The Labute approximate surface area is 109 Å².